The van der Waals surface area contributed by atoms with Crippen LogP contribution < -0.4 is 10.0 Å². The molecule has 0 saturated carbocycles. The number of benzene rings is 1. The predicted molar refractivity (Wildman–Crippen MR) is 62.7 cm³/mol. The van der Waals surface area contributed by atoms with Crippen LogP contribution in [0.25, 0.3) is 0 Å². The van der Waals surface area contributed by atoms with Crippen molar-refractivity contribution in [1.29, 1.82) is 0 Å². The summed E-state index contributed by atoms with van der Waals surface area (Å²) in [5.41, 5.74) is 0.871. The molecule has 0 aromatic heterocycles. The smallest absolute Gasteiger partial charge is 0.245 e. The van der Waals surface area contributed by atoms with Crippen LogP contribution in [0.1, 0.15) is 0 Å². The number of nitrogens with one attached hydrogen (secondary N) is 2. The van der Waals surface area contributed by atoms with Gasteiger partial charge in [-0.05, 0) is 12.1 Å². The van der Waals surface area contributed by atoms with E-state index in [1.54, 1.807) is 6.08 Å². The fourth-order valence-electron chi connectivity index (χ4n) is 1.10. The average molecular weight is 242 g/mol. The van der Waals surface area contributed by atoms with Gasteiger partial charge < -0.3 is 5.32 Å². The van der Waals surface area contributed by atoms with Crippen molar-refractivity contribution in [2.75, 3.05) is 5.32 Å². The summed E-state index contributed by atoms with van der Waals surface area (Å²) in [5, 5.41) is 3.30. The summed E-state index contributed by atoms with van der Waals surface area (Å²) in [6.45, 7) is 0. The van der Waals surface area contributed by atoms with Crippen LogP contribution >= 0.6 is 11.6 Å². The number of para-hydroxylation sites is 1. The minimum Gasteiger partial charge on any atom is -0.339 e. The molecule has 1 aromatic carbocycles. The first-order valence-electron chi connectivity index (χ1n) is 4.20. The molecule has 0 amide bonds. The van der Waals surface area contributed by atoms with Crippen molar-refractivity contribution in [3.05, 3.63) is 41.6 Å². The highest BCUT2D eigenvalue weighted by atomic mass is 35.5. The Morgan fingerprint density at radius 3 is 2.73 bits per heavy atom. The fraction of sp³-hybridized carbons (Fsp3) is 0. The minimum atomic E-state index is -1.50. The van der Waals surface area contributed by atoms with Crippen molar-refractivity contribution >= 4 is 34.3 Å². The van der Waals surface area contributed by atoms with Gasteiger partial charge in [0.25, 0.3) is 0 Å². The number of anilines is 1. The molecule has 2 rings (SSSR count). The second kappa shape index (κ2) is 4.46. The van der Waals surface area contributed by atoms with Gasteiger partial charge in [0.2, 0.25) is 11.2 Å². The highest BCUT2D eigenvalue weighted by Gasteiger charge is 2.09. The summed E-state index contributed by atoms with van der Waals surface area (Å²) in [6.07, 6.45) is 1.58. The predicted octanol–water partition coefficient (Wildman–Crippen LogP) is 1.76. The molecular formula is C9H8ClN3OS. The van der Waals surface area contributed by atoms with Crippen molar-refractivity contribution < 1.29 is 4.21 Å². The number of hydrogen-bond donors (Lipinski definition) is 2. The molecule has 1 atom stereocenters. The Bertz CT molecular complexity index is 444. The van der Waals surface area contributed by atoms with Crippen molar-refractivity contribution in [2.45, 2.75) is 0 Å². The minimum absolute atomic E-state index is 0.307. The lowest BCUT2D eigenvalue weighted by Gasteiger charge is -2.11. The summed E-state index contributed by atoms with van der Waals surface area (Å²) in [4.78, 5) is 0. The second-order valence-corrected chi connectivity index (χ2v) is 4.10. The molecule has 4 nitrogen and oxygen atoms in total. The SMILES string of the molecule is O=S1N=C(Nc2ccccc2)C=C(Cl)N1. The molecule has 1 aliphatic heterocycles. The van der Waals surface area contributed by atoms with Crippen molar-refractivity contribution in [3.63, 3.8) is 0 Å². The topological polar surface area (TPSA) is 53.5 Å². The van der Waals surface area contributed by atoms with Crippen LogP contribution in [-0.2, 0) is 11.2 Å². The molecule has 15 heavy (non-hydrogen) atoms. The Morgan fingerprint density at radius 1 is 1.33 bits per heavy atom. The Hall–Kier alpha value is -1.33. The maximum atomic E-state index is 11.1. The van der Waals surface area contributed by atoms with E-state index in [-0.39, 0.29) is 0 Å². The van der Waals surface area contributed by atoms with Crippen LogP contribution in [-0.4, -0.2) is 10.0 Å². The van der Waals surface area contributed by atoms with E-state index in [0.29, 0.717) is 11.0 Å². The van der Waals surface area contributed by atoms with E-state index in [0.717, 1.165) is 5.69 Å². The van der Waals surface area contributed by atoms with Gasteiger partial charge in [0.1, 0.15) is 11.0 Å². The van der Waals surface area contributed by atoms with Gasteiger partial charge in [-0.15, -0.1) is 0 Å². The van der Waals surface area contributed by atoms with Crippen LogP contribution in [0, 0.1) is 0 Å². The lowest BCUT2D eigenvalue weighted by atomic mass is 10.3. The van der Waals surface area contributed by atoms with Gasteiger partial charge in [-0.25, -0.2) is 4.21 Å². The Kier molecular flexibility index (Phi) is 3.03. The molecule has 0 bridgehead atoms. The van der Waals surface area contributed by atoms with Gasteiger partial charge in [0.05, 0.1) is 0 Å². The molecule has 0 radical (unpaired) electrons. The molecular weight excluding hydrogens is 234 g/mol. The van der Waals surface area contributed by atoms with E-state index in [1.807, 2.05) is 30.3 Å². The quantitative estimate of drug-likeness (QED) is 0.737. The summed E-state index contributed by atoms with van der Waals surface area (Å²) in [5.74, 6) is 0.475. The second-order valence-electron chi connectivity index (χ2n) is 2.81. The summed E-state index contributed by atoms with van der Waals surface area (Å²) in [7, 11) is 0. The zero-order valence-corrected chi connectivity index (χ0v) is 9.18. The highest BCUT2D eigenvalue weighted by molar-refractivity contribution is 7.82. The van der Waals surface area contributed by atoms with E-state index >= 15 is 0 Å². The van der Waals surface area contributed by atoms with Gasteiger partial charge in [-0.3, -0.25) is 4.72 Å². The summed E-state index contributed by atoms with van der Waals surface area (Å²) in [6, 6.07) is 9.47. The Balaban J connectivity index is 2.16. The largest absolute Gasteiger partial charge is 0.339 e. The zero-order chi connectivity index (χ0) is 10.7. The lowest BCUT2D eigenvalue weighted by Crippen LogP contribution is -2.22. The van der Waals surface area contributed by atoms with Crippen LogP contribution in [0.15, 0.2) is 46.0 Å². The highest BCUT2D eigenvalue weighted by Crippen LogP contribution is 2.10. The first-order chi connectivity index (χ1) is 7.24. The zero-order valence-electron chi connectivity index (χ0n) is 7.61. The molecule has 2 N–H and O–H groups in total. The van der Waals surface area contributed by atoms with E-state index in [9.17, 15) is 4.21 Å². The monoisotopic (exact) mass is 241 g/mol. The molecule has 0 spiro atoms. The average Bonchev–Trinajstić information content (AvgIpc) is 2.17. The van der Waals surface area contributed by atoms with Gasteiger partial charge >= 0.3 is 0 Å². The number of halogens is 1. The first kappa shape index (κ1) is 10.2. The summed E-state index contributed by atoms with van der Waals surface area (Å²) < 4.78 is 17.4. The van der Waals surface area contributed by atoms with Gasteiger partial charge in [-0.1, -0.05) is 29.8 Å². The van der Waals surface area contributed by atoms with E-state index < -0.39 is 11.2 Å². The number of hydrogen-bond acceptors (Lipinski definition) is 2. The third-order valence-corrected chi connectivity index (χ3v) is 2.75. The normalized spacial score (nSPS) is 19.9. The third-order valence-electron chi connectivity index (χ3n) is 1.68. The molecule has 78 valence electrons. The van der Waals surface area contributed by atoms with Gasteiger partial charge in [0.15, 0.2) is 0 Å². The van der Waals surface area contributed by atoms with Crippen molar-refractivity contribution in [1.82, 2.24) is 4.72 Å². The molecule has 6 heteroatoms. The number of nitrogens with zero attached hydrogens (tertiary/aromatic N) is 1. The summed E-state index contributed by atoms with van der Waals surface area (Å²) >= 11 is 4.21. The lowest BCUT2D eigenvalue weighted by molar-refractivity contribution is 0.680. The van der Waals surface area contributed by atoms with Crippen LogP contribution in [0.3, 0.4) is 0 Å². The van der Waals surface area contributed by atoms with Gasteiger partial charge in [0, 0.05) is 11.8 Å². The third kappa shape index (κ3) is 2.81. The molecule has 1 aromatic rings. The fourth-order valence-corrected chi connectivity index (χ4v) is 1.95. The van der Waals surface area contributed by atoms with E-state index in [4.69, 9.17) is 11.6 Å². The molecule has 1 aliphatic rings. The van der Waals surface area contributed by atoms with Crippen molar-refractivity contribution in [3.8, 4) is 0 Å². The molecule has 1 unspecified atom stereocenters. The first-order valence-corrected chi connectivity index (χ1v) is 5.69. The number of rotatable bonds is 1. The van der Waals surface area contributed by atoms with Crippen LogP contribution in [0.5, 0.6) is 0 Å². The molecule has 0 aliphatic carbocycles. The standard InChI is InChI=1S/C9H8ClN3OS/c10-8-6-9(13-15(14)12-8)11-7-4-2-1-3-5-7/h1-6,12H,(H,11,13). The van der Waals surface area contributed by atoms with Gasteiger partial charge in [-0.2, -0.15) is 4.40 Å². The van der Waals surface area contributed by atoms with Crippen molar-refractivity contribution in [2.24, 2.45) is 4.40 Å². The Labute approximate surface area is 94.8 Å². The maximum absolute atomic E-state index is 11.1. The van der Waals surface area contributed by atoms with Crippen LogP contribution in [0.4, 0.5) is 5.69 Å². The van der Waals surface area contributed by atoms with E-state index in [2.05, 4.69) is 14.4 Å². The Morgan fingerprint density at radius 2 is 2.07 bits per heavy atom. The maximum Gasteiger partial charge on any atom is 0.245 e. The van der Waals surface area contributed by atoms with Crippen LogP contribution in [0.2, 0.25) is 0 Å². The van der Waals surface area contributed by atoms with E-state index in [1.165, 1.54) is 0 Å². The molecule has 1 heterocycles. The number of amidine groups is 1. The molecule has 0 fully saturated rings. The molecule has 0 saturated heterocycles.